The fraction of sp³-hybridized carbons (Fsp3) is 0.462. The molecule has 1 aromatic carbocycles. The Bertz CT molecular complexity index is 479. The van der Waals surface area contributed by atoms with Gasteiger partial charge in [0, 0.05) is 6.04 Å². The molecule has 19 heavy (non-hydrogen) atoms. The third-order valence-electron chi connectivity index (χ3n) is 3.21. The van der Waals surface area contributed by atoms with E-state index in [9.17, 15) is 4.79 Å². The number of ether oxygens (including phenoxy) is 1. The number of halogens is 3. The highest BCUT2D eigenvalue weighted by molar-refractivity contribution is 6.42. The molecule has 0 unspecified atom stereocenters. The van der Waals surface area contributed by atoms with Crippen LogP contribution < -0.4 is 5.73 Å². The molecule has 0 amide bonds. The highest BCUT2D eigenvalue weighted by Gasteiger charge is 2.30. The molecule has 1 aliphatic carbocycles. The van der Waals surface area contributed by atoms with Gasteiger partial charge in [-0.15, -0.1) is 12.4 Å². The molecule has 1 aliphatic rings. The molecule has 0 aliphatic heterocycles. The van der Waals surface area contributed by atoms with E-state index in [-0.39, 0.29) is 30.3 Å². The number of carbonyl (C=O) groups is 1. The van der Waals surface area contributed by atoms with Crippen LogP contribution in [0, 0.1) is 5.92 Å². The number of rotatable bonds is 2. The fourth-order valence-electron chi connectivity index (χ4n) is 2.35. The molecule has 0 bridgehead atoms. The summed E-state index contributed by atoms with van der Waals surface area (Å²) in [6.07, 6.45) is 1.20. The molecule has 0 saturated carbocycles. The van der Waals surface area contributed by atoms with E-state index in [1.165, 1.54) is 0 Å². The summed E-state index contributed by atoms with van der Waals surface area (Å²) >= 11 is 12.0. The van der Waals surface area contributed by atoms with Crippen molar-refractivity contribution in [2.45, 2.75) is 25.8 Å². The Kier molecular flexibility index (Phi) is 5.93. The zero-order chi connectivity index (χ0) is 13.3. The standard InChI is InChI=1S/C13H15Cl2NO2.ClH/c1-2-18-13(17)8-3-7-4-10(14)11(15)6-9(7)12(16)5-8;/h4,6,8,12H,2-3,5,16H2,1H3;1H/t8-,12+;/m1./s1. The third-order valence-corrected chi connectivity index (χ3v) is 3.93. The zero-order valence-electron chi connectivity index (χ0n) is 10.5. The Morgan fingerprint density at radius 1 is 1.42 bits per heavy atom. The molecule has 0 radical (unpaired) electrons. The van der Waals surface area contributed by atoms with Crippen LogP contribution in [0.25, 0.3) is 0 Å². The molecule has 6 heteroatoms. The van der Waals surface area contributed by atoms with Crippen molar-refractivity contribution in [1.29, 1.82) is 0 Å². The van der Waals surface area contributed by atoms with Crippen molar-refractivity contribution in [2.75, 3.05) is 6.61 Å². The van der Waals surface area contributed by atoms with Gasteiger partial charge < -0.3 is 10.5 Å². The smallest absolute Gasteiger partial charge is 0.309 e. The second kappa shape index (κ2) is 6.80. The Morgan fingerprint density at radius 2 is 2.05 bits per heavy atom. The normalized spacial score (nSPS) is 21.3. The van der Waals surface area contributed by atoms with E-state index in [0.717, 1.165) is 11.1 Å². The molecule has 0 fully saturated rings. The predicted molar refractivity (Wildman–Crippen MR) is 79.1 cm³/mol. The molecule has 2 atom stereocenters. The zero-order valence-corrected chi connectivity index (χ0v) is 12.8. The number of benzene rings is 1. The summed E-state index contributed by atoms with van der Waals surface area (Å²) in [5.41, 5.74) is 8.04. The van der Waals surface area contributed by atoms with Crippen LogP contribution >= 0.6 is 35.6 Å². The van der Waals surface area contributed by atoms with Crippen LogP contribution in [0.4, 0.5) is 0 Å². The second-order valence-electron chi connectivity index (χ2n) is 4.46. The van der Waals surface area contributed by atoms with Gasteiger partial charge in [-0.3, -0.25) is 4.79 Å². The first-order valence-electron chi connectivity index (χ1n) is 5.93. The van der Waals surface area contributed by atoms with Crippen molar-refractivity contribution in [1.82, 2.24) is 0 Å². The van der Waals surface area contributed by atoms with Gasteiger partial charge in [0.1, 0.15) is 0 Å². The SMILES string of the molecule is CCOC(=O)[C@@H]1Cc2cc(Cl)c(Cl)cc2[C@@H](N)C1.Cl. The van der Waals surface area contributed by atoms with Gasteiger partial charge in [-0.2, -0.15) is 0 Å². The van der Waals surface area contributed by atoms with Gasteiger partial charge in [-0.1, -0.05) is 23.2 Å². The van der Waals surface area contributed by atoms with Gasteiger partial charge in [0.2, 0.25) is 0 Å². The van der Waals surface area contributed by atoms with Gasteiger partial charge in [-0.25, -0.2) is 0 Å². The average Bonchev–Trinajstić information content (AvgIpc) is 2.32. The highest BCUT2D eigenvalue weighted by atomic mass is 35.5. The fourth-order valence-corrected chi connectivity index (χ4v) is 2.71. The summed E-state index contributed by atoms with van der Waals surface area (Å²) in [5.74, 6) is -0.380. The lowest BCUT2D eigenvalue weighted by molar-refractivity contribution is -0.148. The van der Waals surface area contributed by atoms with E-state index < -0.39 is 0 Å². The number of fused-ring (bicyclic) bond motifs is 1. The molecule has 106 valence electrons. The minimum Gasteiger partial charge on any atom is -0.466 e. The van der Waals surface area contributed by atoms with E-state index in [1.807, 2.05) is 0 Å². The molecular formula is C13H16Cl3NO2. The van der Waals surface area contributed by atoms with Gasteiger partial charge >= 0.3 is 5.97 Å². The Balaban J connectivity index is 0.00000180. The van der Waals surface area contributed by atoms with Gasteiger partial charge in [0.25, 0.3) is 0 Å². The first-order valence-corrected chi connectivity index (χ1v) is 6.68. The molecule has 1 aromatic rings. The molecule has 2 N–H and O–H groups in total. The third kappa shape index (κ3) is 3.54. The quantitative estimate of drug-likeness (QED) is 0.847. The van der Waals surface area contributed by atoms with E-state index in [1.54, 1.807) is 19.1 Å². The summed E-state index contributed by atoms with van der Waals surface area (Å²) in [6, 6.07) is 3.40. The minimum absolute atomic E-state index is 0. The maximum absolute atomic E-state index is 11.8. The summed E-state index contributed by atoms with van der Waals surface area (Å²) in [7, 11) is 0. The van der Waals surface area contributed by atoms with Crippen molar-refractivity contribution in [3.8, 4) is 0 Å². The molecular weight excluding hydrogens is 309 g/mol. The maximum atomic E-state index is 11.8. The van der Waals surface area contributed by atoms with Crippen LogP contribution in [0.1, 0.15) is 30.5 Å². The predicted octanol–water partition coefficient (Wildman–Crippen LogP) is 3.54. The number of nitrogens with two attached hydrogens (primary N) is 1. The van der Waals surface area contributed by atoms with Crippen molar-refractivity contribution in [3.05, 3.63) is 33.3 Å². The lowest BCUT2D eigenvalue weighted by atomic mass is 9.81. The second-order valence-corrected chi connectivity index (χ2v) is 5.27. The van der Waals surface area contributed by atoms with Crippen molar-refractivity contribution in [2.24, 2.45) is 11.7 Å². The van der Waals surface area contributed by atoms with Crippen LogP contribution in [-0.2, 0) is 16.0 Å². The molecule has 0 aromatic heterocycles. The monoisotopic (exact) mass is 323 g/mol. The largest absolute Gasteiger partial charge is 0.466 e. The highest BCUT2D eigenvalue weighted by Crippen LogP contribution is 2.36. The number of hydrogen-bond acceptors (Lipinski definition) is 3. The molecule has 0 saturated heterocycles. The summed E-state index contributed by atoms with van der Waals surface area (Å²) < 4.78 is 5.05. The molecule has 2 rings (SSSR count). The number of esters is 1. The Hall–Kier alpha value is -0.480. The topological polar surface area (TPSA) is 52.3 Å². The van der Waals surface area contributed by atoms with E-state index in [2.05, 4.69) is 0 Å². The first-order chi connectivity index (χ1) is 8.52. The van der Waals surface area contributed by atoms with Crippen LogP contribution in [0.5, 0.6) is 0 Å². The first kappa shape index (κ1) is 16.6. The lowest BCUT2D eigenvalue weighted by Gasteiger charge is -2.28. The van der Waals surface area contributed by atoms with Crippen molar-refractivity contribution < 1.29 is 9.53 Å². The number of hydrogen-bond donors (Lipinski definition) is 1. The average molecular weight is 325 g/mol. The molecule has 0 spiro atoms. The van der Waals surface area contributed by atoms with Crippen LogP contribution in [-0.4, -0.2) is 12.6 Å². The summed E-state index contributed by atoms with van der Waals surface area (Å²) in [6.45, 7) is 2.18. The molecule has 3 nitrogen and oxygen atoms in total. The maximum Gasteiger partial charge on any atom is 0.309 e. The lowest BCUT2D eigenvalue weighted by Crippen LogP contribution is -2.30. The van der Waals surface area contributed by atoms with E-state index in [0.29, 0.717) is 29.5 Å². The summed E-state index contributed by atoms with van der Waals surface area (Å²) in [4.78, 5) is 11.8. The van der Waals surface area contributed by atoms with Crippen LogP contribution in [0.3, 0.4) is 0 Å². The van der Waals surface area contributed by atoms with E-state index >= 15 is 0 Å². The van der Waals surface area contributed by atoms with Crippen LogP contribution in [0.2, 0.25) is 10.0 Å². The minimum atomic E-state index is -0.196. The van der Waals surface area contributed by atoms with E-state index in [4.69, 9.17) is 33.7 Å². The summed E-state index contributed by atoms with van der Waals surface area (Å²) in [5, 5.41) is 0.993. The van der Waals surface area contributed by atoms with Gasteiger partial charge in [0.15, 0.2) is 0 Å². The number of carbonyl (C=O) groups excluding carboxylic acids is 1. The Labute approximate surface area is 128 Å². The Morgan fingerprint density at radius 3 is 2.68 bits per heavy atom. The van der Waals surface area contributed by atoms with Crippen molar-refractivity contribution >= 4 is 41.6 Å². The van der Waals surface area contributed by atoms with Gasteiger partial charge in [0.05, 0.1) is 22.6 Å². The van der Waals surface area contributed by atoms with Crippen molar-refractivity contribution in [3.63, 3.8) is 0 Å². The molecule has 0 heterocycles. The van der Waals surface area contributed by atoms with Gasteiger partial charge in [-0.05, 0) is 43.0 Å². The van der Waals surface area contributed by atoms with Crippen LogP contribution in [0.15, 0.2) is 12.1 Å².